The van der Waals surface area contributed by atoms with Crippen molar-refractivity contribution < 1.29 is 14.3 Å². The minimum Gasteiger partial charge on any atom is -0.391 e. The second-order valence-electron chi connectivity index (χ2n) is 4.82. The van der Waals surface area contributed by atoms with Crippen LogP contribution in [0.2, 0.25) is 0 Å². The number of nitrogens with zero attached hydrogens (tertiary/aromatic N) is 1. The van der Waals surface area contributed by atoms with E-state index in [0.29, 0.717) is 12.0 Å². The molecule has 2 atom stereocenters. The predicted molar refractivity (Wildman–Crippen MR) is 68.5 cm³/mol. The van der Waals surface area contributed by atoms with Gasteiger partial charge in [-0.1, -0.05) is 18.9 Å². The Bertz CT molecular complexity index is 436. The summed E-state index contributed by atoms with van der Waals surface area (Å²) in [4.78, 5) is 12.8. The SMILES string of the molecule is CN(c1cccc(F)c1C=O)C1CCCCC1O. The summed E-state index contributed by atoms with van der Waals surface area (Å²) >= 11 is 0. The number of halogens is 1. The van der Waals surface area contributed by atoms with Crippen molar-refractivity contribution in [1.82, 2.24) is 0 Å². The molecule has 1 fully saturated rings. The van der Waals surface area contributed by atoms with Crippen LogP contribution in [-0.4, -0.2) is 30.6 Å². The molecule has 1 aliphatic rings. The molecule has 2 unspecified atom stereocenters. The van der Waals surface area contributed by atoms with E-state index in [0.717, 1.165) is 25.7 Å². The lowest BCUT2D eigenvalue weighted by atomic mass is 9.91. The average molecular weight is 251 g/mol. The lowest BCUT2D eigenvalue weighted by Gasteiger charge is -2.37. The minimum atomic E-state index is -0.514. The molecule has 1 saturated carbocycles. The molecule has 0 aliphatic heterocycles. The molecule has 0 radical (unpaired) electrons. The lowest BCUT2D eigenvalue weighted by molar-refractivity contribution is 0.105. The molecule has 0 spiro atoms. The van der Waals surface area contributed by atoms with E-state index < -0.39 is 11.9 Å². The number of rotatable bonds is 3. The van der Waals surface area contributed by atoms with E-state index in [9.17, 15) is 14.3 Å². The van der Waals surface area contributed by atoms with Crippen LogP contribution in [0.3, 0.4) is 0 Å². The first-order valence-corrected chi connectivity index (χ1v) is 6.29. The van der Waals surface area contributed by atoms with Crippen molar-refractivity contribution in [2.24, 2.45) is 0 Å². The van der Waals surface area contributed by atoms with Crippen LogP contribution in [0.15, 0.2) is 18.2 Å². The second-order valence-corrected chi connectivity index (χ2v) is 4.82. The quantitative estimate of drug-likeness (QED) is 0.838. The number of hydrogen-bond acceptors (Lipinski definition) is 3. The summed E-state index contributed by atoms with van der Waals surface area (Å²) in [5, 5.41) is 10.0. The number of aliphatic hydroxyl groups excluding tert-OH is 1. The third-order valence-electron chi connectivity index (χ3n) is 3.72. The van der Waals surface area contributed by atoms with E-state index in [1.165, 1.54) is 6.07 Å². The number of hydrogen-bond donors (Lipinski definition) is 1. The summed E-state index contributed by atoms with van der Waals surface area (Å²) in [5.41, 5.74) is 0.619. The number of benzene rings is 1. The van der Waals surface area contributed by atoms with Crippen LogP contribution in [-0.2, 0) is 0 Å². The topological polar surface area (TPSA) is 40.5 Å². The highest BCUT2D eigenvalue weighted by atomic mass is 19.1. The first-order chi connectivity index (χ1) is 8.65. The van der Waals surface area contributed by atoms with Crippen molar-refractivity contribution in [1.29, 1.82) is 0 Å². The van der Waals surface area contributed by atoms with Gasteiger partial charge in [-0.15, -0.1) is 0 Å². The van der Waals surface area contributed by atoms with Crippen molar-refractivity contribution in [3.63, 3.8) is 0 Å². The van der Waals surface area contributed by atoms with Gasteiger partial charge in [-0.05, 0) is 25.0 Å². The summed E-state index contributed by atoms with van der Waals surface area (Å²) < 4.78 is 13.6. The maximum Gasteiger partial charge on any atom is 0.155 e. The molecule has 2 rings (SSSR count). The molecule has 0 heterocycles. The third-order valence-corrected chi connectivity index (χ3v) is 3.72. The van der Waals surface area contributed by atoms with Gasteiger partial charge in [0.1, 0.15) is 5.82 Å². The van der Waals surface area contributed by atoms with Crippen molar-refractivity contribution in [2.75, 3.05) is 11.9 Å². The molecular formula is C14H18FNO2. The highest BCUT2D eigenvalue weighted by Gasteiger charge is 2.28. The Kier molecular flexibility index (Phi) is 3.97. The highest BCUT2D eigenvalue weighted by molar-refractivity contribution is 5.85. The van der Waals surface area contributed by atoms with Gasteiger partial charge >= 0.3 is 0 Å². The smallest absolute Gasteiger partial charge is 0.155 e. The fraction of sp³-hybridized carbons (Fsp3) is 0.500. The van der Waals surface area contributed by atoms with Crippen molar-refractivity contribution in [3.8, 4) is 0 Å². The summed E-state index contributed by atoms with van der Waals surface area (Å²) in [5.74, 6) is -0.514. The van der Waals surface area contributed by atoms with Gasteiger partial charge < -0.3 is 10.0 Å². The molecular weight excluding hydrogens is 233 g/mol. The van der Waals surface area contributed by atoms with E-state index >= 15 is 0 Å². The summed E-state index contributed by atoms with van der Waals surface area (Å²) in [6, 6.07) is 4.54. The normalized spacial score (nSPS) is 23.7. The zero-order valence-corrected chi connectivity index (χ0v) is 10.5. The molecule has 4 heteroatoms. The molecule has 1 aromatic rings. The average Bonchev–Trinajstić information content (AvgIpc) is 2.38. The third kappa shape index (κ3) is 2.38. The van der Waals surface area contributed by atoms with E-state index in [1.807, 2.05) is 4.90 Å². The Morgan fingerprint density at radius 3 is 2.78 bits per heavy atom. The molecule has 18 heavy (non-hydrogen) atoms. The number of aliphatic hydroxyl groups is 1. The number of anilines is 1. The molecule has 1 aliphatic carbocycles. The van der Waals surface area contributed by atoms with Crippen LogP contribution in [0.4, 0.5) is 10.1 Å². The first-order valence-electron chi connectivity index (χ1n) is 6.29. The van der Waals surface area contributed by atoms with Crippen LogP contribution >= 0.6 is 0 Å². The molecule has 0 aromatic heterocycles. The fourth-order valence-electron chi connectivity index (χ4n) is 2.67. The van der Waals surface area contributed by atoms with E-state index in [1.54, 1.807) is 19.2 Å². The van der Waals surface area contributed by atoms with Crippen LogP contribution in [0.25, 0.3) is 0 Å². The lowest BCUT2D eigenvalue weighted by Crippen LogP contribution is -2.43. The Hall–Kier alpha value is -1.42. The Labute approximate surface area is 106 Å². The van der Waals surface area contributed by atoms with Gasteiger partial charge in [0.25, 0.3) is 0 Å². The number of carbonyl (C=O) groups is 1. The van der Waals surface area contributed by atoms with E-state index in [4.69, 9.17) is 0 Å². The van der Waals surface area contributed by atoms with Crippen LogP contribution in [0, 0.1) is 5.82 Å². The number of likely N-dealkylation sites (N-methyl/N-ethyl adjacent to an activating group) is 1. The van der Waals surface area contributed by atoms with Gasteiger partial charge in [0.05, 0.1) is 23.4 Å². The Morgan fingerprint density at radius 1 is 1.39 bits per heavy atom. The molecule has 1 N–H and O–H groups in total. The largest absolute Gasteiger partial charge is 0.391 e. The van der Waals surface area contributed by atoms with Gasteiger partial charge in [0.15, 0.2) is 6.29 Å². The maximum atomic E-state index is 13.6. The van der Waals surface area contributed by atoms with Gasteiger partial charge in [-0.25, -0.2) is 4.39 Å². The maximum absolute atomic E-state index is 13.6. The summed E-state index contributed by atoms with van der Waals surface area (Å²) in [7, 11) is 1.81. The Morgan fingerprint density at radius 2 is 2.11 bits per heavy atom. The molecule has 98 valence electrons. The molecule has 3 nitrogen and oxygen atoms in total. The number of aldehydes is 1. The number of carbonyl (C=O) groups excluding carboxylic acids is 1. The van der Waals surface area contributed by atoms with E-state index in [2.05, 4.69) is 0 Å². The fourth-order valence-corrected chi connectivity index (χ4v) is 2.67. The predicted octanol–water partition coefficient (Wildman–Crippen LogP) is 2.38. The summed E-state index contributed by atoms with van der Waals surface area (Å²) in [6.07, 6.45) is 3.84. The second kappa shape index (κ2) is 5.48. The van der Waals surface area contributed by atoms with Crippen molar-refractivity contribution in [3.05, 3.63) is 29.6 Å². The highest BCUT2D eigenvalue weighted by Crippen LogP contribution is 2.29. The van der Waals surface area contributed by atoms with Crippen LogP contribution < -0.4 is 4.90 Å². The molecule has 1 aromatic carbocycles. The van der Waals surface area contributed by atoms with E-state index in [-0.39, 0.29) is 11.6 Å². The monoisotopic (exact) mass is 251 g/mol. The van der Waals surface area contributed by atoms with Gasteiger partial charge in [0, 0.05) is 7.05 Å². The molecule has 0 amide bonds. The van der Waals surface area contributed by atoms with Crippen LogP contribution in [0.5, 0.6) is 0 Å². The van der Waals surface area contributed by atoms with Gasteiger partial charge in [0.2, 0.25) is 0 Å². The Balaban J connectivity index is 2.30. The van der Waals surface area contributed by atoms with Gasteiger partial charge in [-0.2, -0.15) is 0 Å². The summed E-state index contributed by atoms with van der Waals surface area (Å²) in [6.45, 7) is 0. The zero-order chi connectivity index (χ0) is 13.1. The first kappa shape index (κ1) is 13.0. The minimum absolute atomic E-state index is 0.0424. The van der Waals surface area contributed by atoms with Crippen molar-refractivity contribution >= 4 is 12.0 Å². The molecule has 0 bridgehead atoms. The molecule has 0 saturated heterocycles. The van der Waals surface area contributed by atoms with Crippen LogP contribution in [0.1, 0.15) is 36.0 Å². The standard InChI is InChI=1S/C14H18FNO2/c1-16(13-6-2-3-8-14(13)18)12-7-4-5-11(15)10(12)9-17/h4-5,7,9,13-14,18H,2-3,6,8H2,1H3. The van der Waals surface area contributed by atoms with Crippen molar-refractivity contribution in [2.45, 2.75) is 37.8 Å². The zero-order valence-electron chi connectivity index (χ0n) is 10.5. The van der Waals surface area contributed by atoms with Gasteiger partial charge in [-0.3, -0.25) is 4.79 Å².